The second kappa shape index (κ2) is 10.4. The number of carbonyl (C=O) groups is 2. The number of nitrogens with one attached hydrogen (secondary N) is 1. The van der Waals surface area contributed by atoms with E-state index in [0.717, 1.165) is 11.1 Å². The monoisotopic (exact) mass is 455 g/mol. The summed E-state index contributed by atoms with van der Waals surface area (Å²) in [5.41, 5.74) is 0.740. The molecule has 0 unspecified atom stereocenters. The fourth-order valence-electron chi connectivity index (χ4n) is 3.31. The third kappa shape index (κ3) is 5.87. The summed E-state index contributed by atoms with van der Waals surface area (Å²) in [6.45, 7) is 13.1. The lowest BCUT2D eigenvalue weighted by Crippen LogP contribution is -2.51. The molecule has 0 saturated carbocycles. The first-order valence-corrected chi connectivity index (χ1v) is 14.0. The molecule has 0 aliphatic carbocycles. The van der Waals surface area contributed by atoms with Crippen molar-refractivity contribution in [2.45, 2.75) is 63.7 Å². The van der Waals surface area contributed by atoms with Crippen LogP contribution in [-0.2, 0) is 24.2 Å². The Morgan fingerprint density at radius 3 is 1.78 bits per heavy atom. The van der Waals surface area contributed by atoms with Gasteiger partial charge in [-0.2, -0.15) is 0 Å². The molecule has 0 heterocycles. The van der Waals surface area contributed by atoms with Crippen LogP contribution in [0, 0.1) is 0 Å². The second-order valence-electron chi connectivity index (χ2n) is 9.80. The molecule has 0 aliphatic rings. The Balaban J connectivity index is 2.27. The lowest BCUT2D eigenvalue weighted by atomic mass is 9.75. The third-order valence-corrected chi connectivity index (χ3v) is 11.2. The van der Waals surface area contributed by atoms with E-state index in [1.54, 1.807) is 0 Å². The highest BCUT2D eigenvalue weighted by Crippen LogP contribution is 2.36. The van der Waals surface area contributed by atoms with Crippen LogP contribution in [0.25, 0.3) is 0 Å². The van der Waals surface area contributed by atoms with E-state index in [2.05, 4.69) is 39.2 Å². The van der Waals surface area contributed by atoms with Crippen molar-refractivity contribution in [2.24, 2.45) is 0 Å². The van der Waals surface area contributed by atoms with Crippen LogP contribution in [0.3, 0.4) is 0 Å². The van der Waals surface area contributed by atoms with Crippen LogP contribution in [0.15, 0.2) is 60.7 Å². The molecular weight excluding hydrogens is 418 g/mol. The zero-order chi connectivity index (χ0) is 24.0. The molecule has 5 nitrogen and oxygen atoms in total. The van der Waals surface area contributed by atoms with Crippen LogP contribution in [0.5, 0.6) is 0 Å². The lowest BCUT2D eigenvalue weighted by Gasteiger charge is -2.36. The summed E-state index contributed by atoms with van der Waals surface area (Å²) in [6.07, 6.45) is 0.352. The highest BCUT2D eigenvalue weighted by molar-refractivity contribution is 6.74. The first-order valence-electron chi connectivity index (χ1n) is 11.1. The SMILES string of the molecule is COC(=O)[C@H](CCO[Si](C)(C)C(C)(C)C)NC(=O)C(C)(c1ccccc1)c1ccccc1. The van der Waals surface area contributed by atoms with Gasteiger partial charge in [0.25, 0.3) is 0 Å². The van der Waals surface area contributed by atoms with Crippen LogP contribution in [0.4, 0.5) is 0 Å². The quantitative estimate of drug-likeness (QED) is 0.424. The van der Waals surface area contributed by atoms with Gasteiger partial charge in [0, 0.05) is 13.0 Å². The summed E-state index contributed by atoms with van der Waals surface area (Å²) in [7, 11) is -0.626. The Morgan fingerprint density at radius 2 is 1.38 bits per heavy atom. The van der Waals surface area contributed by atoms with Crippen molar-refractivity contribution in [3.63, 3.8) is 0 Å². The van der Waals surface area contributed by atoms with E-state index in [4.69, 9.17) is 9.16 Å². The van der Waals surface area contributed by atoms with E-state index in [1.807, 2.05) is 67.6 Å². The van der Waals surface area contributed by atoms with E-state index in [9.17, 15) is 9.59 Å². The van der Waals surface area contributed by atoms with Gasteiger partial charge in [0.05, 0.1) is 12.5 Å². The average Bonchev–Trinajstić information content (AvgIpc) is 2.77. The molecule has 1 N–H and O–H groups in total. The molecule has 0 spiro atoms. The van der Waals surface area contributed by atoms with Gasteiger partial charge < -0.3 is 14.5 Å². The summed E-state index contributed by atoms with van der Waals surface area (Å²) in [6, 6.07) is 18.4. The van der Waals surface area contributed by atoms with Gasteiger partial charge in [-0.3, -0.25) is 4.79 Å². The van der Waals surface area contributed by atoms with Crippen LogP contribution < -0.4 is 5.32 Å². The maximum absolute atomic E-state index is 13.7. The van der Waals surface area contributed by atoms with Gasteiger partial charge >= 0.3 is 5.97 Å². The normalized spacial score (nSPS) is 13.3. The summed E-state index contributed by atoms with van der Waals surface area (Å²) >= 11 is 0. The van der Waals surface area contributed by atoms with E-state index < -0.39 is 25.7 Å². The van der Waals surface area contributed by atoms with Crippen LogP contribution in [-0.4, -0.2) is 40.0 Å². The number of hydrogen-bond donors (Lipinski definition) is 1. The number of methoxy groups -OCH3 is 1. The van der Waals surface area contributed by atoms with Gasteiger partial charge in [-0.1, -0.05) is 81.4 Å². The van der Waals surface area contributed by atoms with Crippen molar-refractivity contribution in [1.29, 1.82) is 0 Å². The van der Waals surface area contributed by atoms with Crippen molar-refractivity contribution in [1.82, 2.24) is 5.32 Å². The van der Waals surface area contributed by atoms with Crippen molar-refractivity contribution in [2.75, 3.05) is 13.7 Å². The lowest BCUT2D eigenvalue weighted by molar-refractivity contribution is -0.146. The Hall–Kier alpha value is -2.44. The minimum Gasteiger partial charge on any atom is -0.467 e. The van der Waals surface area contributed by atoms with E-state index >= 15 is 0 Å². The molecule has 2 aromatic carbocycles. The van der Waals surface area contributed by atoms with Gasteiger partial charge in [-0.15, -0.1) is 0 Å². The molecule has 0 radical (unpaired) electrons. The summed E-state index contributed by atoms with van der Waals surface area (Å²) < 4.78 is 11.2. The van der Waals surface area contributed by atoms with Gasteiger partial charge in [0.1, 0.15) is 6.04 Å². The number of esters is 1. The van der Waals surface area contributed by atoms with Gasteiger partial charge in [-0.05, 0) is 36.2 Å². The molecule has 6 heteroatoms. The molecule has 32 heavy (non-hydrogen) atoms. The molecule has 2 aromatic rings. The maximum Gasteiger partial charge on any atom is 0.328 e. The zero-order valence-corrected chi connectivity index (χ0v) is 21.4. The number of ether oxygens (including phenoxy) is 1. The molecule has 2 rings (SSSR count). The molecule has 0 fully saturated rings. The zero-order valence-electron chi connectivity index (χ0n) is 20.4. The molecule has 174 valence electrons. The number of benzene rings is 2. The number of amides is 1. The summed E-state index contributed by atoms with van der Waals surface area (Å²) in [5, 5.41) is 3.02. The molecular formula is C26H37NO4Si. The minimum absolute atomic E-state index is 0.0657. The van der Waals surface area contributed by atoms with Crippen LogP contribution in [0.2, 0.25) is 18.1 Å². The van der Waals surface area contributed by atoms with E-state index in [0.29, 0.717) is 13.0 Å². The first-order chi connectivity index (χ1) is 14.9. The first kappa shape index (κ1) is 25.8. The maximum atomic E-state index is 13.7. The van der Waals surface area contributed by atoms with Gasteiger partial charge in [0.15, 0.2) is 8.32 Å². The Morgan fingerprint density at radius 1 is 0.906 bits per heavy atom. The molecule has 1 amide bonds. The predicted molar refractivity (Wildman–Crippen MR) is 131 cm³/mol. The molecule has 0 saturated heterocycles. The fourth-order valence-corrected chi connectivity index (χ4v) is 4.38. The molecule has 0 bridgehead atoms. The van der Waals surface area contributed by atoms with E-state index in [-0.39, 0.29) is 10.9 Å². The van der Waals surface area contributed by atoms with Crippen molar-refractivity contribution in [3.05, 3.63) is 71.8 Å². The second-order valence-corrected chi connectivity index (χ2v) is 14.6. The average molecular weight is 456 g/mol. The largest absolute Gasteiger partial charge is 0.467 e. The molecule has 0 aliphatic heterocycles. The molecule has 1 atom stereocenters. The highest BCUT2D eigenvalue weighted by atomic mass is 28.4. The minimum atomic E-state index is -1.96. The topological polar surface area (TPSA) is 64.6 Å². The van der Waals surface area contributed by atoms with Crippen LogP contribution in [0.1, 0.15) is 45.2 Å². The van der Waals surface area contributed by atoms with Crippen molar-refractivity contribution < 1.29 is 18.8 Å². The predicted octanol–water partition coefficient (Wildman–Crippen LogP) is 5.06. The Labute approximate surface area is 193 Å². The Bertz CT molecular complexity index is 852. The smallest absolute Gasteiger partial charge is 0.328 e. The Kier molecular flexibility index (Phi) is 8.43. The van der Waals surface area contributed by atoms with Gasteiger partial charge in [0.2, 0.25) is 5.91 Å². The summed E-state index contributed by atoms with van der Waals surface area (Å²) in [4.78, 5) is 26.2. The van der Waals surface area contributed by atoms with Crippen LogP contribution >= 0.6 is 0 Å². The van der Waals surface area contributed by atoms with Crippen molar-refractivity contribution in [3.8, 4) is 0 Å². The summed E-state index contributed by atoms with van der Waals surface area (Å²) in [5.74, 6) is -0.724. The van der Waals surface area contributed by atoms with Crippen molar-refractivity contribution >= 4 is 20.2 Å². The molecule has 0 aromatic heterocycles. The standard InChI is InChI=1S/C26H37NO4Si/c1-25(2,3)32(6,7)31-19-18-22(23(28)30-5)27-24(29)26(4,20-14-10-8-11-15-20)21-16-12-9-13-17-21/h8-17,22H,18-19H2,1-7H3,(H,27,29)/t22-/m0/s1. The van der Waals surface area contributed by atoms with E-state index in [1.165, 1.54) is 7.11 Å². The number of hydrogen-bond acceptors (Lipinski definition) is 4. The third-order valence-electron chi connectivity index (χ3n) is 6.62. The number of carbonyl (C=O) groups excluding carboxylic acids is 2. The highest BCUT2D eigenvalue weighted by Gasteiger charge is 2.40. The van der Waals surface area contributed by atoms with Gasteiger partial charge in [-0.25, -0.2) is 4.79 Å². The number of rotatable bonds is 9. The fraction of sp³-hybridized carbons (Fsp3) is 0.462.